The molecule has 1 aromatic heterocycles. The van der Waals surface area contributed by atoms with Crippen molar-refractivity contribution in [3.63, 3.8) is 0 Å². The van der Waals surface area contributed by atoms with Gasteiger partial charge in [0.2, 0.25) is 11.9 Å². The summed E-state index contributed by atoms with van der Waals surface area (Å²) in [5, 5.41) is 4.22. The van der Waals surface area contributed by atoms with E-state index in [2.05, 4.69) is 5.10 Å². The summed E-state index contributed by atoms with van der Waals surface area (Å²) in [6.45, 7) is 5.21. The molecule has 1 aromatic carbocycles. The van der Waals surface area contributed by atoms with E-state index in [4.69, 9.17) is 10.5 Å². The van der Waals surface area contributed by atoms with Gasteiger partial charge < -0.3 is 10.5 Å². The molecule has 1 unspecified atom stereocenters. The Hall–Kier alpha value is -2.96. The second-order valence-corrected chi connectivity index (χ2v) is 5.64. The molecule has 0 fully saturated rings. The number of aromatic nitrogens is 2. The molecule has 0 aliphatic heterocycles. The lowest BCUT2D eigenvalue weighted by atomic mass is 10.0. The fraction of sp³-hybridized carbons (Fsp3) is 0.294. The van der Waals surface area contributed by atoms with E-state index in [0.29, 0.717) is 11.1 Å². The van der Waals surface area contributed by atoms with Crippen LogP contribution in [-0.2, 0) is 4.74 Å². The zero-order valence-corrected chi connectivity index (χ0v) is 13.7. The SMILES string of the molecule is Cc1cc(=O)n(C(C)C)nc1C(OC(N)=O)C(=O)c1ccccc1. The van der Waals surface area contributed by atoms with E-state index in [1.54, 1.807) is 51.1 Å². The van der Waals surface area contributed by atoms with Crippen LogP contribution in [0.15, 0.2) is 41.2 Å². The number of primary amides is 1. The Kier molecular flexibility index (Phi) is 5.13. The van der Waals surface area contributed by atoms with Crippen LogP contribution in [0.5, 0.6) is 0 Å². The molecule has 0 aliphatic carbocycles. The maximum atomic E-state index is 12.7. The first-order valence-corrected chi connectivity index (χ1v) is 7.47. The van der Waals surface area contributed by atoms with Gasteiger partial charge in [0, 0.05) is 11.6 Å². The molecule has 1 heterocycles. The number of Topliss-reactive ketones (excluding diaryl/α,β-unsaturated/α-hetero) is 1. The van der Waals surface area contributed by atoms with Crippen molar-refractivity contribution in [2.75, 3.05) is 0 Å². The maximum absolute atomic E-state index is 12.7. The number of ether oxygens (including phenoxy) is 1. The van der Waals surface area contributed by atoms with E-state index in [1.807, 2.05) is 0 Å². The van der Waals surface area contributed by atoms with Gasteiger partial charge in [-0.05, 0) is 26.3 Å². The standard InChI is InChI=1S/C17H19N3O4/c1-10(2)20-13(21)9-11(3)14(19-20)16(24-17(18)23)15(22)12-7-5-4-6-8-12/h4-10,16H,1-3H3,(H2,18,23). The lowest BCUT2D eigenvalue weighted by molar-refractivity contribution is 0.0637. The molecule has 24 heavy (non-hydrogen) atoms. The van der Waals surface area contributed by atoms with Gasteiger partial charge in [0.25, 0.3) is 5.56 Å². The zero-order chi connectivity index (χ0) is 17.9. The van der Waals surface area contributed by atoms with E-state index in [9.17, 15) is 14.4 Å². The molecular weight excluding hydrogens is 310 g/mol. The van der Waals surface area contributed by atoms with Gasteiger partial charge in [-0.1, -0.05) is 30.3 Å². The van der Waals surface area contributed by atoms with E-state index in [-0.39, 0.29) is 17.3 Å². The van der Waals surface area contributed by atoms with Gasteiger partial charge in [-0.15, -0.1) is 0 Å². The molecular formula is C17H19N3O4. The highest BCUT2D eigenvalue weighted by molar-refractivity contribution is 6.00. The Labute approximate surface area is 139 Å². The number of ketones is 1. The van der Waals surface area contributed by atoms with Crippen LogP contribution < -0.4 is 11.3 Å². The van der Waals surface area contributed by atoms with Gasteiger partial charge in [0.05, 0.1) is 6.04 Å². The van der Waals surface area contributed by atoms with Gasteiger partial charge in [0.15, 0.2) is 0 Å². The Morgan fingerprint density at radius 1 is 1.21 bits per heavy atom. The number of amides is 1. The van der Waals surface area contributed by atoms with Crippen molar-refractivity contribution >= 4 is 11.9 Å². The quantitative estimate of drug-likeness (QED) is 0.846. The number of nitrogens with two attached hydrogens (primary N) is 1. The normalized spacial score (nSPS) is 12.0. The van der Waals surface area contributed by atoms with Crippen molar-refractivity contribution in [2.24, 2.45) is 5.73 Å². The van der Waals surface area contributed by atoms with Crippen LogP contribution in [-0.4, -0.2) is 21.7 Å². The van der Waals surface area contributed by atoms with E-state index in [0.717, 1.165) is 0 Å². The number of rotatable bonds is 5. The molecule has 0 aliphatic rings. The summed E-state index contributed by atoms with van der Waals surface area (Å²) >= 11 is 0. The molecule has 0 bridgehead atoms. The van der Waals surface area contributed by atoms with Crippen molar-refractivity contribution in [3.8, 4) is 0 Å². The summed E-state index contributed by atoms with van der Waals surface area (Å²) < 4.78 is 6.25. The lowest BCUT2D eigenvalue weighted by Gasteiger charge is -2.19. The molecule has 2 aromatic rings. The number of carbonyl (C=O) groups is 2. The predicted octanol–water partition coefficient (Wildman–Crippen LogP) is 2.15. The topological polar surface area (TPSA) is 104 Å². The molecule has 2 N–H and O–H groups in total. The number of nitrogens with zero attached hydrogens (tertiary/aromatic N) is 2. The van der Waals surface area contributed by atoms with Gasteiger partial charge in [-0.25, -0.2) is 9.48 Å². The van der Waals surface area contributed by atoms with E-state index < -0.39 is 18.0 Å². The maximum Gasteiger partial charge on any atom is 0.405 e. The zero-order valence-electron chi connectivity index (χ0n) is 13.7. The molecule has 0 saturated carbocycles. The Balaban J connectivity index is 2.57. The fourth-order valence-electron chi connectivity index (χ4n) is 2.30. The van der Waals surface area contributed by atoms with Gasteiger partial charge >= 0.3 is 6.09 Å². The Morgan fingerprint density at radius 2 is 1.83 bits per heavy atom. The van der Waals surface area contributed by atoms with E-state index in [1.165, 1.54) is 10.7 Å². The molecule has 126 valence electrons. The minimum absolute atomic E-state index is 0.191. The van der Waals surface area contributed by atoms with Crippen LogP contribution in [0.25, 0.3) is 0 Å². The van der Waals surface area contributed by atoms with Crippen LogP contribution in [0.4, 0.5) is 4.79 Å². The monoisotopic (exact) mass is 329 g/mol. The summed E-state index contributed by atoms with van der Waals surface area (Å²) in [6, 6.07) is 9.52. The molecule has 0 saturated heterocycles. The third kappa shape index (κ3) is 3.68. The molecule has 1 amide bonds. The lowest BCUT2D eigenvalue weighted by Crippen LogP contribution is -2.31. The van der Waals surface area contributed by atoms with Crippen molar-refractivity contribution in [1.29, 1.82) is 0 Å². The van der Waals surface area contributed by atoms with Crippen LogP contribution in [0, 0.1) is 6.92 Å². The highest BCUT2D eigenvalue weighted by Crippen LogP contribution is 2.23. The third-order valence-electron chi connectivity index (χ3n) is 3.45. The molecule has 1 atom stereocenters. The summed E-state index contributed by atoms with van der Waals surface area (Å²) in [4.78, 5) is 36.0. The number of hydrogen-bond acceptors (Lipinski definition) is 5. The first kappa shape index (κ1) is 17.4. The number of benzene rings is 1. The second kappa shape index (κ2) is 7.08. The largest absolute Gasteiger partial charge is 0.431 e. The summed E-state index contributed by atoms with van der Waals surface area (Å²) in [5.74, 6) is -0.459. The Morgan fingerprint density at radius 3 is 2.38 bits per heavy atom. The second-order valence-electron chi connectivity index (χ2n) is 5.64. The molecule has 0 spiro atoms. The predicted molar refractivity (Wildman–Crippen MR) is 87.8 cm³/mol. The first-order valence-electron chi connectivity index (χ1n) is 7.47. The third-order valence-corrected chi connectivity index (χ3v) is 3.45. The van der Waals surface area contributed by atoms with Crippen molar-refractivity contribution < 1.29 is 14.3 Å². The highest BCUT2D eigenvalue weighted by atomic mass is 16.6. The highest BCUT2D eigenvalue weighted by Gasteiger charge is 2.29. The summed E-state index contributed by atoms with van der Waals surface area (Å²) in [5.41, 5.74) is 5.82. The fourth-order valence-corrected chi connectivity index (χ4v) is 2.30. The van der Waals surface area contributed by atoms with Crippen LogP contribution in [0.1, 0.15) is 47.6 Å². The van der Waals surface area contributed by atoms with Gasteiger partial charge in [0.1, 0.15) is 5.69 Å². The smallest absolute Gasteiger partial charge is 0.405 e. The van der Waals surface area contributed by atoms with Crippen LogP contribution in [0.2, 0.25) is 0 Å². The number of hydrogen-bond donors (Lipinski definition) is 1. The minimum Gasteiger partial charge on any atom is -0.431 e. The van der Waals surface area contributed by atoms with E-state index >= 15 is 0 Å². The van der Waals surface area contributed by atoms with Crippen LogP contribution in [0.3, 0.4) is 0 Å². The minimum atomic E-state index is -1.31. The molecule has 2 rings (SSSR count). The van der Waals surface area contributed by atoms with Crippen molar-refractivity contribution in [3.05, 3.63) is 63.6 Å². The first-order chi connectivity index (χ1) is 11.3. The molecule has 7 nitrogen and oxygen atoms in total. The average Bonchev–Trinajstić information content (AvgIpc) is 2.53. The number of carbonyl (C=O) groups excluding carboxylic acids is 2. The van der Waals surface area contributed by atoms with Crippen LogP contribution >= 0.6 is 0 Å². The summed E-state index contributed by atoms with van der Waals surface area (Å²) in [7, 11) is 0. The molecule has 7 heteroatoms. The Bertz CT molecular complexity index is 812. The van der Waals surface area contributed by atoms with Crippen molar-refractivity contribution in [1.82, 2.24) is 9.78 Å². The molecule has 0 radical (unpaired) electrons. The average molecular weight is 329 g/mol. The van der Waals surface area contributed by atoms with Crippen molar-refractivity contribution in [2.45, 2.75) is 32.9 Å². The van der Waals surface area contributed by atoms with Gasteiger partial charge in [-0.2, -0.15) is 5.10 Å². The summed E-state index contributed by atoms with van der Waals surface area (Å²) in [6.07, 6.45) is -2.40. The van der Waals surface area contributed by atoms with Gasteiger partial charge in [-0.3, -0.25) is 9.59 Å². The number of aryl methyl sites for hydroxylation is 1.